The minimum Gasteiger partial charge on any atom is -0.284 e. The van der Waals surface area contributed by atoms with E-state index in [-0.39, 0.29) is 0 Å². The first-order chi connectivity index (χ1) is 4.77. The second-order valence-corrected chi connectivity index (χ2v) is 2.49. The zero-order chi connectivity index (χ0) is 7.82. The molecule has 10 heavy (non-hydrogen) atoms. The molecule has 3 nitrogen and oxygen atoms in total. The fraction of sp³-hybridized carbons (Fsp3) is 0.667. The summed E-state index contributed by atoms with van der Waals surface area (Å²) in [7, 11) is 0. The predicted octanol–water partition coefficient (Wildman–Crippen LogP) is 1.50. The molecule has 0 radical (unpaired) electrons. The van der Waals surface area contributed by atoms with Crippen LogP contribution in [0.5, 0.6) is 0 Å². The molecule has 0 aliphatic heterocycles. The maximum absolute atomic E-state index is 9.90. The van der Waals surface area contributed by atoms with Gasteiger partial charge in [0.25, 0.3) is 0 Å². The summed E-state index contributed by atoms with van der Waals surface area (Å²) in [5, 5.41) is 0. The summed E-state index contributed by atoms with van der Waals surface area (Å²) in [5.41, 5.74) is 0. The summed E-state index contributed by atoms with van der Waals surface area (Å²) in [4.78, 5) is 0. The van der Waals surface area contributed by atoms with Crippen molar-refractivity contribution in [3.63, 3.8) is 0 Å². The van der Waals surface area contributed by atoms with Crippen LogP contribution in [-0.2, 0) is 15.5 Å². The highest BCUT2D eigenvalue weighted by molar-refractivity contribution is 7.74. The minimum atomic E-state index is -2.10. The van der Waals surface area contributed by atoms with E-state index in [2.05, 4.69) is 10.8 Å². The molecule has 0 rings (SSSR count). The van der Waals surface area contributed by atoms with Gasteiger partial charge in [0.05, 0.1) is 6.61 Å². The number of rotatable bonds is 6. The van der Waals surface area contributed by atoms with Crippen molar-refractivity contribution in [3.8, 4) is 0 Å². The van der Waals surface area contributed by atoms with E-state index in [0.29, 0.717) is 6.61 Å². The number of hydrogen-bond acceptors (Lipinski definition) is 2. The van der Waals surface area contributed by atoms with E-state index in [1.807, 2.05) is 6.08 Å². The van der Waals surface area contributed by atoms with Crippen LogP contribution in [0.15, 0.2) is 12.7 Å². The molecule has 0 aromatic rings. The molecule has 4 heteroatoms. The molecule has 0 aromatic heterocycles. The first kappa shape index (κ1) is 9.81. The predicted molar refractivity (Wildman–Crippen MR) is 40.8 cm³/mol. The van der Waals surface area contributed by atoms with Crippen LogP contribution < -0.4 is 0 Å². The van der Waals surface area contributed by atoms with Crippen molar-refractivity contribution in [2.75, 3.05) is 6.61 Å². The van der Waals surface area contributed by atoms with Gasteiger partial charge in [-0.05, 0) is 19.3 Å². The normalized spacial score (nSPS) is 12.9. The largest absolute Gasteiger partial charge is 0.301 e. The van der Waals surface area contributed by atoms with Gasteiger partial charge in [-0.1, -0.05) is 6.08 Å². The third kappa shape index (κ3) is 7.81. The van der Waals surface area contributed by atoms with E-state index in [1.54, 1.807) is 0 Å². The van der Waals surface area contributed by atoms with Gasteiger partial charge in [-0.3, -0.25) is 8.74 Å². The average molecular weight is 164 g/mol. The fourth-order valence-electron chi connectivity index (χ4n) is 0.521. The summed E-state index contributed by atoms with van der Waals surface area (Å²) in [6, 6.07) is 0. The molecule has 1 unspecified atom stereocenters. The van der Waals surface area contributed by atoms with Crippen molar-refractivity contribution in [3.05, 3.63) is 12.7 Å². The standard InChI is InChI=1S/C6H12O3S/c1-2-3-4-5-6-9-10(7)8/h2H,1,3-6H2,(H,7,8). The van der Waals surface area contributed by atoms with Gasteiger partial charge in [-0.2, -0.15) is 4.21 Å². The topological polar surface area (TPSA) is 46.5 Å². The van der Waals surface area contributed by atoms with Gasteiger partial charge >= 0.3 is 11.4 Å². The lowest BCUT2D eigenvalue weighted by molar-refractivity contribution is 0.299. The van der Waals surface area contributed by atoms with Crippen molar-refractivity contribution in [1.29, 1.82) is 0 Å². The second-order valence-electron chi connectivity index (χ2n) is 1.82. The monoisotopic (exact) mass is 164 g/mol. The van der Waals surface area contributed by atoms with Gasteiger partial charge in [0.1, 0.15) is 0 Å². The Morgan fingerprint density at radius 1 is 1.60 bits per heavy atom. The summed E-state index contributed by atoms with van der Waals surface area (Å²) >= 11 is -2.10. The Balaban J connectivity index is 2.90. The van der Waals surface area contributed by atoms with E-state index in [4.69, 9.17) is 4.55 Å². The Labute approximate surface area is 63.6 Å². The molecule has 0 heterocycles. The molecule has 1 atom stereocenters. The van der Waals surface area contributed by atoms with Crippen molar-refractivity contribution in [2.24, 2.45) is 0 Å². The highest BCUT2D eigenvalue weighted by atomic mass is 32.2. The van der Waals surface area contributed by atoms with Gasteiger partial charge in [0, 0.05) is 0 Å². The summed E-state index contributed by atoms with van der Waals surface area (Å²) in [5.74, 6) is 0. The van der Waals surface area contributed by atoms with Crippen LogP contribution in [0.3, 0.4) is 0 Å². The number of hydrogen-bond donors (Lipinski definition) is 1. The van der Waals surface area contributed by atoms with E-state index in [9.17, 15) is 4.21 Å². The van der Waals surface area contributed by atoms with Gasteiger partial charge < -0.3 is 0 Å². The highest BCUT2D eigenvalue weighted by Gasteiger charge is 1.91. The number of unbranched alkanes of at least 4 members (excludes halogenated alkanes) is 2. The summed E-state index contributed by atoms with van der Waals surface area (Å²) in [6.07, 6.45) is 4.51. The van der Waals surface area contributed by atoms with Gasteiger partial charge in [-0.15, -0.1) is 6.58 Å². The number of allylic oxidation sites excluding steroid dienone is 1. The van der Waals surface area contributed by atoms with Crippen LogP contribution in [0, 0.1) is 0 Å². The first-order valence-electron chi connectivity index (χ1n) is 3.12. The van der Waals surface area contributed by atoms with Crippen LogP contribution in [0.4, 0.5) is 0 Å². The molecule has 0 spiro atoms. The molecule has 0 aliphatic rings. The molecule has 0 aliphatic carbocycles. The molecule has 60 valence electrons. The maximum Gasteiger partial charge on any atom is 0.301 e. The maximum atomic E-state index is 9.90. The average Bonchev–Trinajstić information content (AvgIpc) is 1.87. The molecule has 1 N–H and O–H groups in total. The van der Waals surface area contributed by atoms with Crippen LogP contribution in [-0.4, -0.2) is 15.4 Å². The van der Waals surface area contributed by atoms with E-state index >= 15 is 0 Å². The quantitative estimate of drug-likeness (QED) is 0.367. The van der Waals surface area contributed by atoms with Crippen LogP contribution in [0.1, 0.15) is 19.3 Å². The van der Waals surface area contributed by atoms with Crippen molar-refractivity contribution in [2.45, 2.75) is 19.3 Å². The van der Waals surface area contributed by atoms with Crippen molar-refractivity contribution < 1.29 is 12.9 Å². The molecular formula is C6H12O3S. The Hall–Kier alpha value is -0.190. The summed E-state index contributed by atoms with van der Waals surface area (Å²) < 4.78 is 22.4. The first-order valence-corrected chi connectivity index (χ1v) is 4.15. The third-order valence-electron chi connectivity index (χ3n) is 0.987. The zero-order valence-electron chi connectivity index (χ0n) is 5.78. The zero-order valence-corrected chi connectivity index (χ0v) is 6.60. The lowest BCUT2D eigenvalue weighted by Gasteiger charge is -1.95. The van der Waals surface area contributed by atoms with E-state index < -0.39 is 11.4 Å². The Kier molecular flexibility index (Phi) is 6.79. The van der Waals surface area contributed by atoms with E-state index in [1.165, 1.54) is 0 Å². The fourth-order valence-corrected chi connectivity index (χ4v) is 0.781. The lowest BCUT2D eigenvalue weighted by Crippen LogP contribution is -1.96. The van der Waals surface area contributed by atoms with Crippen LogP contribution in [0.2, 0.25) is 0 Å². The SMILES string of the molecule is C=CCCCCOS(=O)O. The third-order valence-corrected chi connectivity index (χ3v) is 1.36. The molecule has 0 saturated carbocycles. The molecule has 0 saturated heterocycles. The Morgan fingerprint density at radius 2 is 2.30 bits per heavy atom. The van der Waals surface area contributed by atoms with Gasteiger partial charge in [0.15, 0.2) is 0 Å². The van der Waals surface area contributed by atoms with Crippen molar-refractivity contribution in [1.82, 2.24) is 0 Å². The summed E-state index contributed by atoms with van der Waals surface area (Å²) in [6.45, 7) is 3.89. The van der Waals surface area contributed by atoms with Crippen LogP contribution in [0.25, 0.3) is 0 Å². The Bertz CT molecular complexity index is 114. The van der Waals surface area contributed by atoms with Gasteiger partial charge in [-0.25, -0.2) is 0 Å². The Morgan fingerprint density at radius 3 is 2.80 bits per heavy atom. The highest BCUT2D eigenvalue weighted by Crippen LogP contribution is 1.96. The second kappa shape index (κ2) is 6.92. The smallest absolute Gasteiger partial charge is 0.284 e. The lowest BCUT2D eigenvalue weighted by atomic mass is 10.2. The van der Waals surface area contributed by atoms with Crippen LogP contribution >= 0.6 is 0 Å². The van der Waals surface area contributed by atoms with Crippen molar-refractivity contribution >= 4 is 11.4 Å². The molecule has 0 aromatic carbocycles. The molecule has 0 amide bonds. The van der Waals surface area contributed by atoms with E-state index in [0.717, 1.165) is 19.3 Å². The minimum absolute atomic E-state index is 0.344. The molecule has 0 fully saturated rings. The van der Waals surface area contributed by atoms with Gasteiger partial charge in [0.2, 0.25) is 0 Å². The molecule has 0 bridgehead atoms. The molecular weight excluding hydrogens is 152 g/mol.